The van der Waals surface area contributed by atoms with Crippen molar-refractivity contribution in [2.45, 2.75) is 91.0 Å². The minimum atomic E-state index is -0.660. The molecule has 2 atom stereocenters. The van der Waals surface area contributed by atoms with Crippen molar-refractivity contribution >= 4 is 23.7 Å². The highest BCUT2D eigenvalue weighted by atomic mass is 35.5. The largest absolute Gasteiger partial charge is 0.464 e. The molecule has 0 aromatic carbocycles. The van der Waals surface area contributed by atoms with Crippen molar-refractivity contribution in [3.05, 3.63) is 0 Å². The molecule has 6 heteroatoms. The summed E-state index contributed by atoms with van der Waals surface area (Å²) in [4.78, 5) is 25.2. The molecule has 1 amide bonds. The Kier molecular flexibility index (Phi) is 16.5. The molecule has 0 heterocycles. The summed E-state index contributed by atoms with van der Waals surface area (Å²) >= 11 is 5.69. The number of esters is 1. The maximum Gasteiger partial charge on any atom is 0.410 e. The highest BCUT2D eigenvalue weighted by Crippen LogP contribution is 2.11. The molecule has 5 nitrogen and oxygen atoms in total. The van der Waals surface area contributed by atoms with E-state index in [-0.39, 0.29) is 12.5 Å². The van der Waals surface area contributed by atoms with Gasteiger partial charge in [-0.3, -0.25) is 4.90 Å². The van der Waals surface area contributed by atoms with Crippen molar-refractivity contribution < 1.29 is 19.1 Å². The number of hydrogen-bond donors (Lipinski definition) is 0. The molecule has 0 fully saturated rings. The molecule has 0 N–H and O–H groups in total. The number of hydrogen-bond acceptors (Lipinski definition) is 4. The molecule has 0 aromatic heterocycles. The van der Waals surface area contributed by atoms with Gasteiger partial charge < -0.3 is 9.47 Å². The molecule has 0 rings (SSSR count). The minimum absolute atomic E-state index is 0.0858. The first-order valence-corrected chi connectivity index (χ1v) is 11.1. The highest BCUT2D eigenvalue weighted by Gasteiger charge is 2.25. The van der Waals surface area contributed by atoms with E-state index in [0.29, 0.717) is 12.5 Å². The number of unbranched alkanes of at least 4 members (excludes halogenated alkanes) is 9. The predicted octanol–water partition coefficient (Wildman–Crippen LogP) is 5.78. The molecule has 0 radical (unpaired) electrons. The van der Waals surface area contributed by atoms with Gasteiger partial charge in [-0.25, -0.2) is 9.59 Å². The molecular weight excluding hydrogens is 366 g/mol. The Labute approximate surface area is 171 Å². The molecule has 0 saturated carbocycles. The van der Waals surface area contributed by atoms with Crippen molar-refractivity contribution in [1.29, 1.82) is 0 Å². The Morgan fingerprint density at radius 1 is 0.889 bits per heavy atom. The number of carbonyl (C=O) groups excluding carboxylic acids is 2. The molecule has 160 valence electrons. The van der Waals surface area contributed by atoms with Crippen molar-refractivity contribution in [3.63, 3.8) is 0 Å². The van der Waals surface area contributed by atoms with Crippen LogP contribution in [0.4, 0.5) is 4.79 Å². The molecule has 27 heavy (non-hydrogen) atoms. The fourth-order valence-corrected chi connectivity index (χ4v) is 2.65. The van der Waals surface area contributed by atoms with E-state index >= 15 is 0 Å². The third-order valence-electron chi connectivity index (χ3n) is 4.71. The molecular formula is C21H40ClNO4. The maximum atomic E-state index is 12.1. The van der Waals surface area contributed by atoms with Crippen molar-refractivity contribution in [2.24, 2.45) is 5.92 Å². The Morgan fingerprint density at radius 2 is 1.41 bits per heavy atom. The van der Waals surface area contributed by atoms with Crippen LogP contribution >= 0.6 is 11.6 Å². The first kappa shape index (κ1) is 26.0. The van der Waals surface area contributed by atoms with Crippen LogP contribution in [0.3, 0.4) is 0 Å². The summed E-state index contributed by atoms with van der Waals surface area (Å²) < 4.78 is 10.4. The number of amides is 1. The number of carbonyl (C=O) groups is 2. The fourth-order valence-electron chi connectivity index (χ4n) is 2.56. The van der Waals surface area contributed by atoms with Crippen molar-refractivity contribution in [2.75, 3.05) is 26.1 Å². The van der Waals surface area contributed by atoms with Crippen LogP contribution in [0, 0.1) is 5.92 Å². The van der Waals surface area contributed by atoms with Crippen LogP contribution in [-0.4, -0.2) is 49.1 Å². The van der Waals surface area contributed by atoms with Crippen LogP contribution < -0.4 is 0 Å². The Bertz CT molecular complexity index is 392. The van der Waals surface area contributed by atoms with Gasteiger partial charge in [-0.15, -0.1) is 11.6 Å². The molecule has 0 aliphatic carbocycles. The van der Waals surface area contributed by atoms with E-state index in [0.717, 1.165) is 12.8 Å². The first-order chi connectivity index (χ1) is 12.9. The Balaban J connectivity index is 3.71. The van der Waals surface area contributed by atoms with Gasteiger partial charge >= 0.3 is 12.1 Å². The summed E-state index contributed by atoms with van der Waals surface area (Å²) in [6, 6.07) is -0.660. The van der Waals surface area contributed by atoms with E-state index in [1.165, 1.54) is 56.3 Å². The lowest BCUT2D eigenvalue weighted by atomic mass is 10.1. The zero-order chi connectivity index (χ0) is 20.5. The highest BCUT2D eigenvalue weighted by molar-refractivity contribution is 6.18. The Morgan fingerprint density at radius 3 is 1.93 bits per heavy atom. The van der Waals surface area contributed by atoms with Crippen LogP contribution in [-0.2, 0) is 14.3 Å². The van der Waals surface area contributed by atoms with Gasteiger partial charge in [0.15, 0.2) is 0 Å². The third kappa shape index (κ3) is 13.8. The molecule has 0 aliphatic heterocycles. The lowest BCUT2D eigenvalue weighted by Crippen LogP contribution is -2.42. The van der Waals surface area contributed by atoms with Crippen molar-refractivity contribution in [3.8, 4) is 0 Å². The number of rotatable bonds is 16. The number of likely N-dealkylation sites (N-methyl/N-ethyl adjacent to an activating group) is 1. The van der Waals surface area contributed by atoms with Gasteiger partial charge in [0.2, 0.25) is 0 Å². The molecule has 0 aliphatic rings. The van der Waals surface area contributed by atoms with E-state index < -0.39 is 18.1 Å². The lowest BCUT2D eigenvalue weighted by molar-refractivity contribution is -0.148. The third-order valence-corrected chi connectivity index (χ3v) is 5.23. The van der Waals surface area contributed by atoms with E-state index in [2.05, 4.69) is 6.92 Å². The van der Waals surface area contributed by atoms with Gasteiger partial charge in [-0.05, 0) is 13.3 Å². The van der Waals surface area contributed by atoms with Crippen LogP contribution in [0.2, 0.25) is 0 Å². The average molecular weight is 406 g/mol. The Hall–Kier alpha value is -0.970. The van der Waals surface area contributed by atoms with Crippen LogP contribution in [0.25, 0.3) is 0 Å². The topological polar surface area (TPSA) is 55.8 Å². The molecule has 0 bridgehead atoms. The summed E-state index contributed by atoms with van der Waals surface area (Å²) in [5.74, 6) is 0.117. The minimum Gasteiger partial charge on any atom is -0.464 e. The quantitative estimate of drug-likeness (QED) is 0.185. The number of halogens is 1. The van der Waals surface area contributed by atoms with Crippen LogP contribution in [0.5, 0.6) is 0 Å². The monoisotopic (exact) mass is 405 g/mol. The average Bonchev–Trinajstić information content (AvgIpc) is 2.68. The predicted molar refractivity (Wildman–Crippen MR) is 111 cm³/mol. The van der Waals surface area contributed by atoms with Gasteiger partial charge in [-0.1, -0.05) is 71.6 Å². The van der Waals surface area contributed by atoms with Gasteiger partial charge in [0, 0.05) is 18.8 Å². The van der Waals surface area contributed by atoms with E-state index in [4.69, 9.17) is 21.1 Å². The van der Waals surface area contributed by atoms with Gasteiger partial charge in [0.1, 0.15) is 6.04 Å². The van der Waals surface area contributed by atoms with Crippen LogP contribution in [0.15, 0.2) is 0 Å². The maximum absolute atomic E-state index is 12.1. The molecule has 2 unspecified atom stereocenters. The molecule has 0 aromatic rings. The zero-order valence-electron chi connectivity index (χ0n) is 17.8. The van der Waals surface area contributed by atoms with Gasteiger partial charge in [-0.2, -0.15) is 0 Å². The van der Waals surface area contributed by atoms with Gasteiger partial charge in [0.05, 0.1) is 13.2 Å². The van der Waals surface area contributed by atoms with Crippen molar-refractivity contribution in [1.82, 2.24) is 4.90 Å². The van der Waals surface area contributed by atoms with E-state index in [1.54, 1.807) is 14.0 Å². The summed E-state index contributed by atoms with van der Waals surface area (Å²) in [5.41, 5.74) is 0. The molecule has 0 saturated heterocycles. The van der Waals surface area contributed by atoms with Crippen LogP contribution in [0.1, 0.15) is 85.0 Å². The standard InChI is InChI=1S/C21H40ClNO4/c1-5-6-7-8-9-10-11-12-13-14-15-26-20(24)19(3)23(4)21(25)27-17-18(2)16-22/h18-19H,5-17H2,1-4H3. The second kappa shape index (κ2) is 17.2. The zero-order valence-corrected chi connectivity index (χ0v) is 18.6. The SMILES string of the molecule is CCCCCCCCCCCCOC(=O)C(C)N(C)C(=O)OCC(C)CCl. The second-order valence-electron chi connectivity index (χ2n) is 7.47. The first-order valence-electron chi connectivity index (χ1n) is 10.6. The number of nitrogens with zero attached hydrogens (tertiary/aromatic N) is 1. The number of alkyl halides is 1. The summed E-state index contributed by atoms with van der Waals surface area (Å²) in [5, 5.41) is 0. The second-order valence-corrected chi connectivity index (χ2v) is 7.78. The van der Waals surface area contributed by atoms with E-state index in [9.17, 15) is 9.59 Å². The summed E-state index contributed by atoms with van der Waals surface area (Å²) in [6.45, 7) is 6.43. The molecule has 0 spiro atoms. The normalized spacial score (nSPS) is 13.1. The van der Waals surface area contributed by atoms with Gasteiger partial charge in [0.25, 0.3) is 0 Å². The van der Waals surface area contributed by atoms with E-state index in [1.807, 2.05) is 6.92 Å². The fraction of sp³-hybridized carbons (Fsp3) is 0.905. The summed E-state index contributed by atoms with van der Waals surface area (Å²) in [7, 11) is 1.54. The smallest absolute Gasteiger partial charge is 0.410 e. The lowest BCUT2D eigenvalue weighted by Gasteiger charge is -2.23. The number of ether oxygens (including phenoxy) is 2. The summed E-state index contributed by atoms with van der Waals surface area (Å²) in [6.07, 6.45) is 11.8.